The van der Waals surface area contributed by atoms with Gasteiger partial charge in [0.25, 0.3) is 5.91 Å². The van der Waals surface area contributed by atoms with Crippen molar-refractivity contribution in [2.45, 2.75) is 24.6 Å². The molecule has 130 valence electrons. The van der Waals surface area contributed by atoms with E-state index >= 15 is 0 Å². The molecule has 1 saturated heterocycles. The van der Waals surface area contributed by atoms with E-state index in [-0.39, 0.29) is 11.7 Å². The lowest BCUT2D eigenvalue weighted by molar-refractivity contribution is 0.0702. The van der Waals surface area contributed by atoms with Gasteiger partial charge in [-0.05, 0) is 36.9 Å². The van der Waals surface area contributed by atoms with Gasteiger partial charge in [-0.2, -0.15) is 0 Å². The molecular formula is C17H22N2O3S2. The maximum absolute atomic E-state index is 13.1. The van der Waals surface area contributed by atoms with Crippen LogP contribution in [0.2, 0.25) is 0 Å². The Morgan fingerprint density at radius 1 is 1.38 bits per heavy atom. The van der Waals surface area contributed by atoms with Gasteiger partial charge in [-0.1, -0.05) is 18.2 Å². The Balaban J connectivity index is 2.01. The van der Waals surface area contributed by atoms with Gasteiger partial charge in [0.15, 0.2) is 9.84 Å². The molecule has 0 saturated carbocycles. The van der Waals surface area contributed by atoms with Crippen molar-refractivity contribution in [1.82, 2.24) is 10.2 Å². The lowest BCUT2D eigenvalue weighted by Gasteiger charge is -2.32. The number of carbonyl (C=O) groups is 1. The van der Waals surface area contributed by atoms with E-state index in [0.29, 0.717) is 23.0 Å². The number of nitrogens with one attached hydrogen (secondary N) is 1. The molecule has 7 heteroatoms. The highest BCUT2D eigenvalue weighted by Crippen LogP contribution is 2.34. The number of thiophene rings is 1. The molecule has 1 aromatic heterocycles. The van der Waals surface area contributed by atoms with Gasteiger partial charge in [-0.25, -0.2) is 8.42 Å². The van der Waals surface area contributed by atoms with Crippen molar-refractivity contribution < 1.29 is 13.2 Å². The van der Waals surface area contributed by atoms with E-state index in [9.17, 15) is 13.2 Å². The number of benzene rings is 1. The number of hydrogen-bond donors (Lipinski definition) is 1. The van der Waals surface area contributed by atoms with Crippen LogP contribution >= 0.6 is 11.3 Å². The fraction of sp³-hybridized carbons (Fsp3) is 0.471. The van der Waals surface area contributed by atoms with E-state index in [1.807, 2.05) is 36.2 Å². The molecular weight excluding hydrogens is 344 g/mol. The first-order valence-electron chi connectivity index (χ1n) is 8.03. The third-order valence-corrected chi connectivity index (χ3v) is 6.43. The summed E-state index contributed by atoms with van der Waals surface area (Å²) in [5.74, 6) is -0.142. The second kappa shape index (κ2) is 6.82. The van der Waals surface area contributed by atoms with Crippen molar-refractivity contribution in [3.8, 4) is 0 Å². The maximum atomic E-state index is 13.1. The lowest BCUT2D eigenvalue weighted by Crippen LogP contribution is -2.46. The van der Waals surface area contributed by atoms with Crippen LogP contribution in [0.1, 0.15) is 28.1 Å². The largest absolute Gasteiger partial charge is 0.336 e. The van der Waals surface area contributed by atoms with E-state index in [2.05, 4.69) is 5.32 Å². The lowest BCUT2D eigenvalue weighted by atomic mass is 10.1. The minimum Gasteiger partial charge on any atom is -0.336 e. The molecule has 1 aliphatic rings. The molecule has 2 heterocycles. The van der Waals surface area contributed by atoms with E-state index < -0.39 is 9.84 Å². The van der Waals surface area contributed by atoms with Crippen LogP contribution in [0.25, 0.3) is 10.1 Å². The number of likely N-dealkylation sites (tertiary alicyclic amines) is 1. The first-order chi connectivity index (χ1) is 11.4. The van der Waals surface area contributed by atoms with Crippen LogP contribution in [0.3, 0.4) is 0 Å². The number of sulfone groups is 1. The van der Waals surface area contributed by atoms with E-state index in [0.717, 1.165) is 29.5 Å². The van der Waals surface area contributed by atoms with Crippen molar-refractivity contribution >= 4 is 37.2 Å². The summed E-state index contributed by atoms with van der Waals surface area (Å²) in [6.07, 6.45) is 3.23. The van der Waals surface area contributed by atoms with Gasteiger partial charge >= 0.3 is 0 Å². The molecule has 2 aromatic rings. The number of amides is 1. The quantitative estimate of drug-likeness (QED) is 0.901. The van der Waals surface area contributed by atoms with Crippen LogP contribution in [-0.4, -0.2) is 51.7 Å². The molecule has 3 rings (SSSR count). The Kier molecular flexibility index (Phi) is 4.94. The van der Waals surface area contributed by atoms with Crippen LogP contribution in [0.4, 0.5) is 0 Å². The van der Waals surface area contributed by atoms with Crippen LogP contribution in [-0.2, 0) is 15.6 Å². The van der Waals surface area contributed by atoms with Crippen LogP contribution < -0.4 is 5.32 Å². The summed E-state index contributed by atoms with van der Waals surface area (Å²) in [6, 6.07) is 7.93. The molecule has 0 radical (unpaired) electrons. The highest BCUT2D eigenvalue weighted by atomic mass is 32.2. The summed E-state index contributed by atoms with van der Waals surface area (Å²) in [6.45, 7) is 1.39. The summed E-state index contributed by atoms with van der Waals surface area (Å²) >= 11 is 1.40. The fourth-order valence-electron chi connectivity index (χ4n) is 3.22. The summed E-state index contributed by atoms with van der Waals surface area (Å²) in [4.78, 5) is 15.5. The van der Waals surface area contributed by atoms with E-state index in [1.165, 1.54) is 17.6 Å². The Morgan fingerprint density at radius 2 is 2.12 bits per heavy atom. The summed E-state index contributed by atoms with van der Waals surface area (Å²) in [5, 5.41) is 4.11. The molecule has 1 N–H and O–H groups in total. The summed E-state index contributed by atoms with van der Waals surface area (Å²) in [5.41, 5.74) is 0.648. The zero-order valence-corrected chi connectivity index (χ0v) is 15.5. The number of rotatable bonds is 4. The van der Waals surface area contributed by atoms with Crippen LogP contribution in [0, 0.1) is 0 Å². The molecule has 0 unspecified atom stereocenters. The number of likely N-dealkylation sites (N-methyl/N-ethyl adjacent to an activating group) is 1. The van der Waals surface area contributed by atoms with Crippen molar-refractivity contribution in [3.05, 3.63) is 34.7 Å². The molecule has 1 amide bonds. The third-order valence-electron chi connectivity index (χ3n) is 4.42. The second-order valence-electron chi connectivity index (χ2n) is 6.35. The number of piperidine rings is 1. The fourth-order valence-corrected chi connectivity index (χ4v) is 5.32. The average Bonchev–Trinajstić information content (AvgIpc) is 2.91. The SMILES string of the molecule is CN[C@H]1CCCN(C(=O)c2sc3ccccc3c2CS(C)(=O)=O)C1. The van der Waals surface area contributed by atoms with Crippen LogP contribution in [0.15, 0.2) is 24.3 Å². The number of fused-ring (bicyclic) bond motifs is 1. The molecule has 1 fully saturated rings. The van der Waals surface area contributed by atoms with Crippen molar-refractivity contribution in [1.29, 1.82) is 0 Å². The molecule has 0 bridgehead atoms. The topological polar surface area (TPSA) is 66.5 Å². The second-order valence-corrected chi connectivity index (χ2v) is 9.55. The van der Waals surface area contributed by atoms with Crippen molar-refractivity contribution in [2.75, 3.05) is 26.4 Å². The molecule has 0 aliphatic carbocycles. The first kappa shape index (κ1) is 17.4. The van der Waals surface area contributed by atoms with Gasteiger partial charge in [0, 0.05) is 30.1 Å². The molecule has 1 aromatic carbocycles. The third kappa shape index (κ3) is 3.63. The van der Waals surface area contributed by atoms with Crippen LogP contribution in [0.5, 0.6) is 0 Å². The number of nitrogens with zero attached hydrogens (tertiary/aromatic N) is 1. The van der Waals surface area contributed by atoms with E-state index in [4.69, 9.17) is 0 Å². The Bertz CT molecular complexity index is 858. The molecule has 1 aliphatic heterocycles. The van der Waals surface area contributed by atoms with Crippen molar-refractivity contribution in [2.24, 2.45) is 0 Å². The predicted molar refractivity (Wildman–Crippen MR) is 98.4 cm³/mol. The zero-order valence-electron chi connectivity index (χ0n) is 13.9. The molecule has 1 atom stereocenters. The highest BCUT2D eigenvalue weighted by molar-refractivity contribution is 7.89. The first-order valence-corrected chi connectivity index (χ1v) is 10.9. The smallest absolute Gasteiger partial charge is 0.264 e. The Labute approximate surface area is 146 Å². The molecule has 0 spiro atoms. The standard InChI is InChI=1S/C17H22N2O3S2/c1-18-12-6-5-9-19(10-12)17(20)16-14(11-24(2,21)22)13-7-3-4-8-15(13)23-16/h3-4,7-8,12,18H,5-6,9-11H2,1-2H3/t12-/m0/s1. The average molecular weight is 367 g/mol. The maximum Gasteiger partial charge on any atom is 0.264 e. The van der Waals surface area contributed by atoms with E-state index in [1.54, 1.807) is 0 Å². The van der Waals surface area contributed by atoms with Gasteiger partial charge in [-0.3, -0.25) is 4.79 Å². The normalized spacial score (nSPS) is 18.9. The van der Waals surface area contributed by atoms with Gasteiger partial charge in [-0.15, -0.1) is 11.3 Å². The van der Waals surface area contributed by atoms with Gasteiger partial charge < -0.3 is 10.2 Å². The van der Waals surface area contributed by atoms with Gasteiger partial charge in [0.2, 0.25) is 0 Å². The number of carbonyl (C=O) groups excluding carboxylic acids is 1. The Hall–Kier alpha value is -1.44. The predicted octanol–water partition coefficient (Wildman–Crippen LogP) is 2.27. The Morgan fingerprint density at radius 3 is 2.83 bits per heavy atom. The zero-order chi connectivity index (χ0) is 17.3. The minimum atomic E-state index is -3.22. The van der Waals surface area contributed by atoms with Gasteiger partial charge in [0.1, 0.15) is 0 Å². The monoisotopic (exact) mass is 366 g/mol. The molecule has 24 heavy (non-hydrogen) atoms. The van der Waals surface area contributed by atoms with Gasteiger partial charge in [0.05, 0.1) is 10.6 Å². The number of hydrogen-bond acceptors (Lipinski definition) is 5. The molecule has 5 nitrogen and oxygen atoms in total. The summed E-state index contributed by atoms with van der Waals surface area (Å²) in [7, 11) is -1.31. The van der Waals surface area contributed by atoms with Crippen molar-refractivity contribution in [3.63, 3.8) is 0 Å². The highest BCUT2D eigenvalue weighted by Gasteiger charge is 2.28. The minimum absolute atomic E-state index is 0.0465. The summed E-state index contributed by atoms with van der Waals surface area (Å²) < 4.78 is 24.7.